The SMILES string of the molecule is Cc1cccc(S(=O)(=O)N2CCN(CCCN)CC2)c1. The predicted molar refractivity (Wildman–Crippen MR) is 80.0 cm³/mol. The minimum atomic E-state index is -3.35. The van der Waals surface area contributed by atoms with Crippen LogP contribution in [0.15, 0.2) is 29.2 Å². The molecule has 6 heteroatoms. The smallest absolute Gasteiger partial charge is 0.243 e. The van der Waals surface area contributed by atoms with Crippen molar-refractivity contribution in [3.63, 3.8) is 0 Å². The molecule has 0 atom stereocenters. The van der Waals surface area contributed by atoms with E-state index in [0.717, 1.165) is 31.6 Å². The highest BCUT2D eigenvalue weighted by molar-refractivity contribution is 7.89. The van der Waals surface area contributed by atoms with Gasteiger partial charge in [0.05, 0.1) is 4.90 Å². The highest BCUT2D eigenvalue weighted by Gasteiger charge is 2.28. The lowest BCUT2D eigenvalue weighted by Crippen LogP contribution is -2.48. The van der Waals surface area contributed by atoms with Gasteiger partial charge in [-0.15, -0.1) is 0 Å². The molecule has 2 rings (SSSR count). The average Bonchev–Trinajstić information content (AvgIpc) is 2.45. The maximum absolute atomic E-state index is 12.5. The summed E-state index contributed by atoms with van der Waals surface area (Å²) in [6.07, 6.45) is 0.963. The van der Waals surface area contributed by atoms with Crippen molar-refractivity contribution < 1.29 is 8.42 Å². The van der Waals surface area contributed by atoms with Gasteiger partial charge in [-0.2, -0.15) is 4.31 Å². The molecule has 1 aromatic carbocycles. The molecule has 0 radical (unpaired) electrons. The van der Waals surface area contributed by atoms with Gasteiger partial charge in [0.2, 0.25) is 10.0 Å². The van der Waals surface area contributed by atoms with E-state index in [-0.39, 0.29) is 0 Å². The Hall–Kier alpha value is -0.950. The zero-order chi connectivity index (χ0) is 14.6. The number of aryl methyl sites for hydroxylation is 1. The van der Waals surface area contributed by atoms with Crippen LogP contribution in [0.4, 0.5) is 0 Å². The summed E-state index contributed by atoms with van der Waals surface area (Å²) in [4.78, 5) is 2.67. The van der Waals surface area contributed by atoms with E-state index < -0.39 is 10.0 Å². The summed E-state index contributed by atoms with van der Waals surface area (Å²) < 4.78 is 26.7. The molecule has 112 valence electrons. The van der Waals surface area contributed by atoms with Crippen molar-refractivity contribution in [3.8, 4) is 0 Å². The first-order valence-electron chi connectivity index (χ1n) is 7.03. The summed E-state index contributed by atoms with van der Waals surface area (Å²) in [7, 11) is -3.35. The maximum atomic E-state index is 12.5. The monoisotopic (exact) mass is 297 g/mol. The van der Waals surface area contributed by atoms with Crippen molar-refractivity contribution in [1.82, 2.24) is 9.21 Å². The Balaban J connectivity index is 2.02. The summed E-state index contributed by atoms with van der Waals surface area (Å²) in [5.74, 6) is 0. The zero-order valence-corrected chi connectivity index (χ0v) is 12.8. The van der Waals surface area contributed by atoms with Crippen LogP contribution >= 0.6 is 0 Å². The first-order valence-corrected chi connectivity index (χ1v) is 8.47. The molecular formula is C14H23N3O2S. The molecule has 0 unspecified atom stereocenters. The lowest BCUT2D eigenvalue weighted by molar-refractivity contribution is 0.187. The fraction of sp³-hybridized carbons (Fsp3) is 0.571. The molecule has 0 amide bonds. The third kappa shape index (κ3) is 3.58. The van der Waals surface area contributed by atoms with Crippen LogP contribution in [-0.2, 0) is 10.0 Å². The lowest BCUT2D eigenvalue weighted by Gasteiger charge is -2.33. The Bertz CT molecular complexity index is 537. The van der Waals surface area contributed by atoms with Crippen LogP contribution in [0.25, 0.3) is 0 Å². The Morgan fingerprint density at radius 3 is 2.50 bits per heavy atom. The van der Waals surface area contributed by atoms with E-state index in [1.54, 1.807) is 22.5 Å². The van der Waals surface area contributed by atoms with Gasteiger partial charge in [-0.25, -0.2) is 8.42 Å². The van der Waals surface area contributed by atoms with Gasteiger partial charge in [0.15, 0.2) is 0 Å². The van der Waals surface area contributed by atoms with Crippen molar-refractivity contribution in [1.29, 1.82) is 0 Å². The maximum Gasteiger partial charge on any atom is 0.243 e. The first-order chi connectivity index (χ1) is 9.54. The summed E-state index contributed by atoms with van der Waals surface area (Å²) in [6.45, 7) is 6.22. The number of hydrogen-bond donors (Lipinski definition) is 1. The molecule has 0 spiro atoms. The van der Waals surface area contributed by atoms with Crippen LogP contribution in [0.3, 0.4) is 0 Å². The van der Waals surface area contributed by atoms with Gasteiger partial charge in [-0.05, 0) is 44.1 Å². The molecule has 1 saturated heterocycles. The van der Waals surface area contributed by atoms with E-state index in [1.807, 2.05) is 13.0 Å². The summed E-state index contributed by atoms with van der Waals surface area (Å²) in [5.41, 5.74) is 6.46. The Morgan fingerprint density at radius 1 is 1.20 bits per heavy atom. The number of sulfonamides is 1. The standard InChI is InChI=1S/C14H23N3O2S/c1-13-4-2-5-14(12-13)20(18,19)17-10-8-16(9-11-17)7-3-6-15/h2,4-5,12H,3,6-11,15H2,1H3. The normalized spacial score (nSPS) is 18.3. The van der Waals surface area contributed by atoms with E-state index in [4.69, 9.17) is 5.73 Å². The van der Waals surface area contributed by atoms with Crippen molar-refractivity contribution >= 4 is 10.0 Å². The molecular weight excluding hydrogens is 274 g/mol. The molecule has 1 aromatic rings. The van der Waals surface area contributed by atoms with Crippen molar-refractivity contribution in [2.24, 2.45) is 5.73 Å². The second-order valence-corrected chi connectivity index (χ2v) is 7.14. The van der Waals surface area contributed by atoms with Crippen LogP contribution in [0, 0.1) is 6.92 Å². The van der Waals surface area contributed by atoms with Crippen LogP contribution in [-0.4, -0.2) is 56.9 Å². The van der Waals surface area contributed by atoms with Gasteiger partial charge in [0.25, 0.3) is 0 Å². The Morgan fingerprint density at radius 2 is 1.90 bits per heavy atom. The first kappa shape index (κ1) is 15.4. The van der Waals surface area contributed by atoms with Crippen LogP contribution in [0.1, 0.15) is 12.0 Å². The van der Waals surface area contributed by atoms with Crippen molar-refractivity contribution in [2.75, 3.05) is 39.3 Å². The fourth-order valence-corrected chi connectivity index (χ4v) is 3.96. The molecule has 0 aromatic heterocycles. The largest absolute Gasteiger partial charge is 0.330 e. The minimum Gasteiger partial charge on any atom is -0.330 e. The van der Waals surface area contributed by atoms with Gasteiger partial charge < -0.3 is 10.6 Å². The van der Waals surface area contributed by atoms with E-state index >= 15 is 0 Å². The van der Waals surface area contributed by atoms with Crippen molar-refractivity contribution in [3.05, 3.63) is 29.8 Å². The number of benzene rings is 1. The van der Waals surface area contributed by atoms with Gasteiger partial charge in [0.1, 0.15) is 0 Å². The van der Waals surface area contributed by atoms with Gasteiger partial charge in [-0.3, -0.25) is 0 Å². The van der Waals surface area contributed by atoms with Gasteiger partial charge >= 0.3 is 0 Å². The summed E-state index contributed by atoms with van der Waals surface area (Å²) in [6, 6.07) is 7.10. The highest BCUT2D eigenvalue weighted by Crippen LogP contribution is 2.18. The van der Waals surface area contributed by atoms with E-state index in [1.165, 1.54) is 0 Å². The molecule has 1 fully saturated rings. The second kappa shape index (κ2) is 6.67. The molecule has 5 nitrogen and oxygen atoms in total. The predicted octanol–water partition coefficient (Wildman–Crippen LogP) is 0.650. The number of piperazine rings is 1. The Kier molecular flexibility index (Phi) is 5.15. The van der Waals surface area contributed by atoms with Crippen LogP contribution in [0.5, 0.6) is 0 Å². The minimum absolute atomic E-state index is 0.396. The Labute approximate surface area is 121 Å². The average molecular weight is 297 g/mol. The number of nitrogens with two attached hydrogens (primary N) is 1. The quantitative estimate of drug-likeness (QED) is 0.866. The van der Waals surface area contributed by atoms with Crippen molar-refractivity contribution in [2.45, 2.75) is 18.2 Å². The molecule has 1 heterocycles. The van der Waals surface area contributed by atoms with Gasteiger partial charge in [-0.1, -0.05) is 12.1 Å². The third-order valence-electron chi connectivity index (χ3n) is 3.64. The molecule has 0 bridgehead atoms. The highest BCUT2D eigenvalue weighted by atomic mass is 32.2. The summed E-state index contributed by atoms with van der Waals surface area (Å²) in [5, 5.41) is 0. The van der Waals surface area contributed by atoms with Gasteiger partial charge in [0, 0.05) is 26.2 Å². The van der Waals surface area contributed by atoms with E-state index in [9.17, 15) is 8.42 Å². The molecule has 0 aliphatic carbocycles. The molecule has 2 N–H and O–H groups in total. The van der Waals surface area contributed by atoms with E-state index in [0.29, 0.717) is 24.5 Å². The number of nitrogens with zero attached hydrogens (tertiary/aromatic N) is 2. The van der Waals surface area contributed by atoms with Crippen LogP contribution in [0.2, 0.25) is 0 Å². The third-order valence-corrected chi connectivity index (χ3v) is 5.53. The zero-order valence-electron chi connectivity index (χ0n) is 12.0. The summed E-state index contributed by atoms with van der Waals surface area (Å²) >= 11 is 0. The van der Waals surface area contributed by atoms with Crippen LogP contribution < -0.4 is 5.73 Å². The lowest BCUT2D eigenvalue weighted by atomic mass is 10.2. The molecule has 20 heavy (non-hydrogen) atoms. The fourth-order valence-electron chi connectivity index (χ4n) is 2.43. The molecule has 1 aliphatic rings. The molecule has 0 saturated carbocycles. The van der Waals surface area contributed by atoms with E-state index in [2.05, 4.69) is 4.90 Å². The molecule has 1 aliphatic heterocycles. The topological polar surface area (TPSA) is 66.6 Å². The second-order valence-electron chi connectivity index (χ2n) is 5.20. The number of rotatable bonds is 5. The number of hydrogen-bond acceptors (Lipinski definition) is 4.